The SMILES string of the molecule is C[C@@H]1C[C@@H]1c1ccc(CN(C)Cc2nc(C3CC3)no2)o1. The Bertz CT molecular complexity index is 629. The van der Waals surface area contributed by atoms with Gasteiger partial charge >= 0.3 is 0 Å². The smallest absolute Gasteiger partial charge is 0.240 e. The maximum atomic E-state index is 5.93. The quantitative estimate of drug-likeness (QED) is 0.816. The van der Waals surface area contributed by atoms with Crippen molar-refractivity contribution < 1.29 is 8.94 Å². The first-order valence-corrected chi connectivity index (χ1v) is 7.78. The molecule has 5 heteroatoms. The van der Waals surface area contributed by atoms with E-state index < -0.39 is 0 Å². The summed E-state index contributed by atoms with van der Waals surface area (Å²) in [4.78, 5) is 6.60. The minimum Gasteiger partial charge on any atom is -0.464 e. The summed E-state index contributed by atoms with van der Waals surface area (Å²) in [7, 11) is 2.04. The van der Waals surface area contributed by atoms with Gasteiger partial charge in [-0.15, -0.1) is 0 Å². The van der Waals surface area contributed by atoms with Gasteiger partial charge in [-0.3, -0.25) is 4.90 Å². The van der Waals surface area contributed by atoms with Crippen molar-refractivity contribution in [3.8, 4) is 0 Å². The lowest BCUT2D eigenvalue weighted by Gasteiger charge is -2.11. The summed E-state index contributed by atoms with van der Waals surface area (Å²) in [6.45, 7) is 3.70. The minimum atomic E-state index is 0.543. The van der Waals surface area contributed by atoms with Gasteiger partial charge in [-0.2, -0.15) is 4.98 Å². The summed E-state index contributed by atoms with van der Waals surface area (Å²) in [6, 6.07) is 4.20. The molecule has 2 aliphatic rings. The molecule has 2 aliphatic carbocycles. The van der Waals surface area contributed by atoms with Crippen LogP contribution in [0.5, 0.6) is 0 Å². The van der Waals surface area contributed by atoms with E-state index in [9.17, 15) is 0 Å². The van der Waals surface area contributed by atoms with E-state index in [2.05, 4.69) is 34.1 Å². The molecule has 2 saturated carbocycles. The lowest BCUT2D eigenvalue weighted by Crippen LogP contribution is -2.17. The number of hydrogen-bond acceptors (Lipinski definition) is 5. The van der Waals surface area contributed by atoms with Crippen molar-refractivity contribution in [1.82, 2.24) is 15.0 Å². The topological polar surface area (TPSA) is 55.3 Å². The number of hydrogen-bond donors (Lipinski definition) is 0. The molecule has 0 saturated heterocycles. The highest BCUT2D eigenvalue weighted by Crippen LogP contribution is 2.47. The van der Waals surface area contributed by atoms with E-state index in [4.69, 9.17) is 8.94 Å². The lowest BCUT2D eigenvalue weighted by atomic mass is 10.3. The first kappa shape index (κ1) is 13.1. The van der Waals surface area contributed by atoms with Crippen molar-refractivity contribution in [2.24, 2.45) is 5.92 Å². The van der Waals surface area contributed by atoms with Crippen LogP contribution in [0.25, 0.3) is 0 Å². The van der Waals surface area contributed by atoms with Crippen LogP contribution in [0.1, 0.15) is 61.3 Å². The molecule has 2 atom stereocenters. The summed E-state index contributed by atoms with van der Waals surface area (Å²) in [6.07, 6.45) is 3.65. The molecular formula is C16H21N3O2. The second-order valence-corrected chi connectivity index (χ2v) is 6.62. The Morgan fingerprint density at radius 1 is 1.29 bits per heavy atom. The fourth-order valence-corrected chi connectivity index (χ4v) is 2.79. The minimum absolute atomic E-state index is 0.543. The molecule has 0 N–H and O–H groups in total. The Hall–Kier alpha value is -1.62. The van der Waals surface area contributed by atoms with E-state index >= 15 is 0 Å². The van der Waals surface area contributed by atoms with Gasteiger partial charge in [0.25, 0.3) is 0 Å². The van der Waals surface area contributed by atoms with Crippen LogP contribution in [0.4, 0.5) is 0 Å². The monoisotopic (exact) mass is 287 g/mol. The van der Waals surface area contributed by atoms with Crippen molar-refractivity contribution in [2.45, 2.75) is 51.1 Å². The van der Waals surface area contributed by atoms with E-state index in [1.54, 1.807) is 0 Å². The summed E-state index contributed by atoms with van der Waals surface area (Å²) < 4.78 is 11.2. The van der Waals surface area contributed by atoms with E-state index in [-0.39, 0.29) is 0 Å². The molecule has 2 fully saturated rings. The molecule has 2 heterocycles. The molecule has 0 amide bonds. The van der Waals surface area contributed by atoms with Gasteiger partial charge in [0.05, 0.1) is 13.1 Å². The standard InChI is InChI=1S/C16H21N3O2/c1-10-7-13(10)14-6-5-12(20-14)8-19(2)9-15-17-16(18-21-15)11-3-4-11/h5-6,10-11,13H,3-4,7-9H2,1-2H3/t10-,13+/m1/s1. The van der Waals surface area contributed by atoms with Crippen LogP contribution in [0.15, 0.2) is 21.1 Å². The maximum Gasteiger partial charge on any atom is 0.240 e. The summed E-state index contributed by atoms with van der Waals surface area (Å²) in [5, 5.41) is 4.05. The zero-order valence-electron chi connectivity index (χ0n) is 12.6. The number of aromatic nitrogens is 2. The summed E-state index contributed by atoms with van der Waals surface area (Å²) in [5.74, 6) is 5.68. The first-order valence-electron chi connectivity index (χ1n) is 7.78. The van der Waals surface area contributed by atoms with Crippen molar-refractivity contribution in [3.63, 3.8) is 0 Å². The van der Waals surface area contributed by atoms with E-state index in [1.807, 2.05) is 7.05 Å². The van der Waals surface area contributed by atoms with Crippen molar-refractivity contribution in [2.75, 3.05) is 7.05 Å². The van der Waals surface area contributed by atoms with Crippen molar-refractivity contribution in [1.29, 1.82) is 0 Å². The third-order valence-corrected chi connectivity index (χ3v) is 4.41. The molecule has 2 aromatic rings. The Morgan fingerprint density at radius 3 is 2.81 bits per heavy atom. The summed E-state index contributed by atoms with van der Waals surface area (Å²) in [5.41, 5.74) is 0. The molecule has 0 aliphatic heterocycles. The molecule has 0 bridgehead atoms. The van der Waals surface area contributed by atoms with Crippen LogP contribution >= 0.6 is 0 Å². The normalized spacial score (nSPS) is 24.7. The van der Waals surface area contributed by atoms with Gasteiger partial charge in [0.1, 0.15) is 11.5 Å². The first-order chi connectivity index (χ1) is 10.2. The van der Waals surface area contributed by atoms with Crippen LogP contribution in [0, 0.1) is 5.92 Å². The van der Waals surface area contributed by atoms with Crippen LogP contribution in [-0.2, 0) is 13.1 Å². The second kappa shape index (κ2) is 4.98. The summed E-state index contributed by atoms with van der Waals surface area (Å²) >= 11 is 0. The Labute approximate surface area is 124 Å². The predicted octanol–water partition coefficient (Wildman–Crippen LogP) is 3.30. The van der Waals surface area contributed by atoms with Gasteiger partial charge < -0.3 is 8.94 Å². The second-order valence-electron chi connectivity index (χ2n) is 6.62. The van der Waals surface area contributed by atoms with Gasteiger partial charge in [0.15, 0.2) is 5.82 Å². The Kier molecular flexibility index (Phi) is 3.10. The molecule has 2 aromatic heterocycles. The average molecular weight is 287 g/mol. The third kappa shape index (κ3) is 2.88. The van der Waals surface area contributed by atoms with Gasteiger partial charge in [-0.25, -0.2) is 0 Å². The highest BCUT2D eigenvalue weighted by molar-refractivity contribution is 5.17. The molecule has 0 unspecified atom stereocenters. The van der Waals surface area contributed by atoms with Gasteiger partial charge in [0.2, 0.25) is 5.89 Å². The van der Waals surface area contributed by atoms with Crippen LogP contribution < -0.4 is 0 Å². The zero-order chi connectivity index (χ0) is 14.4. The number of rotatable bonds is 6. The van der Waals surface area contributed by atoms with Gasteiger partial charge in [-0.05, 0) is 44.4 Å². The lowest BCUT2D eigenvalue weighted by molar-refractivity contribution is 0.242. The van der Waals surface area contributed by atoms with Crippen LogP contribution in [-0.4, -0.2) is 22.1 Å². The van der Waals surface area contributed by atoms with Crippen LogP contribution in [0.3, 0.4) is 0 Å². The van der Waals surface area contributed by atoms with Crippen molar-refractivity contribution >= 4 is 0 Å². The Balaban J connectivity index is 1.34. The highest BCUT2D eigenvalue weighted by atomic mass is 16.5. The molecule has 112 valence electrons. The largest absolute Gasteiger partial charge is 0.464 e. The molecule has 0 spiro atoms. The van der Waals surface area contributed by atoms with E-state index in [1.165, 1.54) is 19.3 Å². The average Bonchev–Trinajstić information content (AvgIpc) is 3.33. The highest BCUT2D eigenvalue weighted by Gasteiger charge is 2.36. The molecular weight excluding hydrogens is 266 g/mol. The van der Waals surface area contributed by atoms with Gasteiger partial charge in [-0.1, -0.05) is 12.1 Å². The molecule has 21 heavy (non-hydrogen) atoms. The van der Waals surface area contributed by atoms with Crippen molar-refractivity contribution in [3.05, 3.63) is 35.4 Å². The van der Waals surface area contributed by atoms with Crippen LogP contribution in [0.2, 0.25) is 0 Å². The maximum absolute atomic E-state index is 5.93. The van der Waals surface area contributed by atoms with Gasteiger partial charge in [0, 0.05) is 11.8 Å². The molecule has 5 nitrogen and oxygen atoms in total. The fourth-order valence-electron chi connectivity index (χ4n) is 2.79. The molecule has 4 rings (SSSR count). The molecule has 0 radical (unpaired) electrons. The van der Waals surface area contributed by atoms with E-state index in [0.29, 0.717) is 24.3 Å². The number of furan rings is 1. The van der Waals surface area contributed by atoms with E-state index in [0.717, 1.165) is 29.8 Å². The third-order valence-electron chi connectivity index (χ3n) is 4.41. The Morgan fingerprint density at radius 2 is 2.10 bits per heavy atom. The fraction of sp³-hybridized carbons (Fsp3) is 0.625. The predicted molar refractivity (Wildman–Crippen MR) is 76.7 cm³/mol. The zero-order valence-corrected chi connectivity index (χ0v) is 12.6. The molecule has 0 aromatic carbocycles. The number of nitrogens with zero attached hydrogens (tertiary/aromatic N) is 3.